The van der Waals surface area contributed by atoms with E-state index in [9.17, 15) is 19.2 Å². The van der Waals surface area contributed by atoms with Gasteiger partial charge in [-0.3, -0.25) is 19.2 Å². The van der Waals surface area contributed by atoms with E-state index in [2.05, 4.69) is 34.6 Å². The van der Waals surface area contributed by atoms with E-state index in [1.807, 2.05) is 6.92 Å². The van der Waals surface area contributed by atoms with Gasteiger partial charge in [0.1, 0.15) is 18.0 Å². The minimum atomic E-state index is -0.797. The van der Waals surface area contributed by atoms with Crippen LogP contribution in [0.1, 0.15) is 152 Å². The van der Waals surface area contributed by atoms with Gasteiger partial charge >= 0.3 is 17.9 Å². The molecule has 9 rings (SSSR count). The second-order valence-electron chi connectivity index (χ2n) is 20.8. The standard InChI is InChI=1S/C46H70O11/c1-25(12-16-40(50)51-21-9-10-37-27(3)34-13-11-26(2)33-18-20-44(7)55-42(54-37)46(33,34)57-56-44)32-14-15-35-41-36(24-39(45(32,35)8)53-29(5)48)43(6)19-17-31(49)22-30(43)23-38(41)52-28(4)47/h25-27,30,32-39,41-42H,9-24H2,1-8H3/t25-,26-,27-,30+,32-,33+,34+,35+,36+,37-,38-,39+,41+,42-,43+,44-,45-,46-/m1/s1. The highest BCUT2D eigenvalue weighted by Crippen LogP contribution is 2.69. The minimum Gasteiger partial charge on any atom is -0.466 e. The van der Waals surface area contributed by atoms with E-state index in [1.165, 1.54) is 20.3 Å². The Bertz CT molecular complexity index is 1570. The Morgan fingerprint density at radius 2 is 1.63 bits per heavy atom. The van der Waals surface area contributed by atoms with Crippen LogP contribution in [-0.4, -0.2) is 66.3 Å². The molecule has 4 saturated heterocycles. The number of Topliss-reactive ketones (excluding diaryl/α,β-unsaturated/α-hetero) is 1. The third-order valence-electron chi connectivity index (χ3n) is 17.9. The smallest absolute Gasteiger partial charge is 0.305 e. The Morgan fingerprint density at radius 3 is 2.39 bits per heavy atom. The molecule has 0 amide bonds. The van der Waals surface area contributed by atoms with Gasteiger partial charge in [-0.2, -0.15) is 0 Å². The lowest BCUT2D eigenvalue weighted by Gasteiger charge is -2.63. The summed E-state index contributed by atoms with van der Waals surface area (Å²) in [6.07, 6.45) is 10.8. The first-order valence-electron chi connectivity index (χ1n) is 22.7. The monoisotopic (exact) mass is 798 g/mol. The normalized spacial score (nSPS) is 49.0. The molecule has 9 aliphatic rings. The van der Waals surface area contributed by atoms with Crippen molar-refractivity contribution in [1.29, 1.82) is 0 Å². The first-order chi connectivity index (χ1) is 27.0. The van der Waals surface area contributed by atoms with Crippen LogP contribution in [0.2, 0.25) is 0 Å². The number of fused-ring (bicyclic) bond motifs is 7. The van der Waals surface area contributed by atoms with Gasteiger partial charge in [-0.1, -0.05) is 34.6 Å². The maximum Gasteiger partial charge on any atom is 0.305 e. The lowest BCUT2D eigenvalue weighted by molar-refractivity contribution is -0.571. The lowest BCUT2D eigenvalue weighted by Crippen LogP contribution is -2.70. The molecule has 5 aliphatic carbocycles. The average molecular weight is 799 g/mol. The molecule has 0 N–H and O–H groups in total. The van der Waals surface area contributed by atoms with Crippen molar-refractivity contribution in [3.05, 3.63) is 0 Å². The summed E-state index contributed by atoms with van der Waals surface area (Å²) in [5, 5.41) is 0. The molecular formula is C46H70O11. The summed E-state index contributed by atoms with van der Waals surface area (Å²) in [6.45, 7) is 16.8. The van der Waals surface area contributed by atoms with Gasteiger partial charge in [0.05, 0.1) is 12.7 Å². The van der Waals surface area contributed by atoms with Crippen molar-refractivity contribution >= 4 is 23.7 Å². The van der Waals surface area contributed by atoms with Crippen molar-refractivity contribution in [2.75, 3.05) is 6.61 Å². The highest BCUT2D eigenvalue weighted by molar-refractivity contribution is 5.79. The van der Waals surface area contributed by atoms with E-state index in [4.69, 9.17) is 33.5 Å². The van der Waals surface area contributed by atoms with E-state index < -0.39 is 17.7 Å². The summed E-state index contributed by atoms with van der Waals surface area (Å²) in [5.41, 5.74) is -0.976. The lowest BCUT2D eigenvalue weighted by atomic mass is 9.43. The molecule has 0 aromatic rings. The van der Waals surface area contributed by atoms with Crippen LogP contribution in [-0.2, 0) is 52.6 Å². The van der Waals surface area contributed by atoms with E-state index in [-0.39, 0.29) is 94.4 Å². The van der Waals surface area contributed by atoms with Gasteiger partial charge < -0.3 is 23.7 Å². The van der Waals surface area contributed by atoms with Crippen molar-refractivity contribution in [2.45, 2.75) is 188 Å². The van der Waals surface area contributed by atoms with E-state index in [1.54, 1.807) is 0 Å². The third kappa shape index (κ3) is 7.02. The molecule has 0 aromatic carbocycles. The number of hydrogen-bond acceptors (Lipinski definition) is 11. The first kappa shape index (κ1) is 41.6. The van der Waals surface area contributed by atoms with Gasteiger partial charge in [-0.25, -0.2) is 9.78 Å². The number of carbonyl (C=O) groups excluding carboxylic acids is 4. The Hall–Kier alpha value is -2.08. The SMILES string of the molecule is CC(=O)O[C@H]1C[C@H]2[C@@H]([C@H](OC(C)=O)C[C@@H]3CC(=O)CC[C@@]32C)[C@@H]2CC[C@H]([C@H](C)CCC(=O)OCCC[C@H]3O[C@@H]4O[C@@]5(C)CC[C@H]6[C@H](C)CC[C@@H]([C@H]3C)[C@@]46OO5)[C@@]12C. The van der Waals surface area contributed by atoms with Gasteiger partial charge in [0.2, 0.25) is 5.79 Å². The van der Waals surface area contributed by atoms with E-state index in [0.717, 1.165) is 44.9 Å². The summed E-state index contributed by atoms with van der Waals surface area (Å²) in [5.74, 6) is 1.27. The van der Waals surface area contributed by atoms with Crippen LogP contribution in [0, 0.1) is 70.0 Å². The molecule has 11 heteroatoms. The Balaban J connectivity index is 0.884. The molecule has 11 nitrogen and oxygen atoms in total. The van der Waals surface area contributed by atoms with Gasteiger partial charge in [-0.05, 0) is 130 Å². The predicted molar refractivity (Wildman–Crippen MR) is 208 cm³/mol. The highest BCUT2D eigenvalue weighted by Gasteiger charge is 2.70. The quantitative estimate of drug-likeness (QED) is 0.0915. The summed E-state index contributed by atoms with van der Waals surface area (Å²) in [6, 6.07) is 0. The number of rotatable bonds is 10. The first-order valence-corrected chi connectivity index (χ1v) is 22.7. The van der Waals surface area contributed by atoms with Crippen LogP contribution in [0.5, 0.6) is 0 Å². The molecule has 57 heavy (non-hydrogen) atoms. The molecule has 320 valence electrons. The number of carbonyl (C=O) groups is 4. The Morgan fingerprint density at radius 1 is 0.877 bits per heavy atom. The van der Waals surface area contributed by atoms with Crippen LogP contribution in [0.15, 0.2) is 0 Å². The zero-order valence-corrected chi connectivity index (χ0v) is 35.9. The average Bonchev–Trinajstić information content (AvgIpc) is 3.35. The van der Waals surface area contributed by atoms with Crippen molar-refractivity contribution in [2.24, 2.45) is 70.0 Å². The van der Waals surface area contributed by atoms with Crippen molar-refractivity contribution in [1.82, 2.24) is 0 Å². The molecule has 0 radical (unpaired) electrons. The minimum absolute atomic E-state index is 0.0139. The molecule has 18 atom stereocenters. The molecule has 4 heterocycles. The van der Waals surface area contributed by atoms with E-state index >= 15 is 0 Å². The van der Waals surface area contributed by atoms with Crippen LogP contribution in [0.25, 0.3) is 0 Å². The highest BCUT2D eigenvalue weighted by atomic mass is 17.3. The summed E-state index contributed by atoms with van der Waals surface area (Å²) >= 11 is 0. The van der Waals surface area contributed by atoms with Crippen molar-refractivity contribution in [3.8, 4) is 0 Å². The van der Waals surface area contributed by atoms with Gasteiger partial charge in [0.15, 0.2) is 11.9 Å². The Labute approximate surface area is 339 Å². The molecule has 4 aliphatic heterocycles. The third-order valence-corrected chi connectivity index (χ3v) is 17.9. The molecule has 0 unspecified atom stereocenters. The van der Waals surface area contributed by atoms with Crippen LogP contribution >= 0.6 is 0 Å². The maximum atomic E-state index is 13.3. The molecular weight excluding hydrogens is 728 g/mol. The zero-order valence-electron chi connectivity index (χ0n) is 35.9. The number of hydrogen-bond donors (Lipinski definition) is 0. The fraction of sp³-hybridized carbons (Fsp3) is 0.913. The molecule has 1 spiro atoms. The maximum absolute atomic E-state index is 13.3. The molecule has 0 aromatic heterocycles. The summed E-state index contributed by atoms with van der Waals surface area (Å²) < 4.78 is 31.6. The van der Waals surface area contributed by atoms with Crippen molar-refractivity contribution in [3.63, 3.8) is 0 Å². The van der Waals surface area contributed by atoms with Crippen LogP contribution < -0.4 is 0 Å². The fourth-order valence-electron chi connectivity index (χ4n) is 15.0. The van der Waals surface area contributed by atoms with Gasteiger partial charge in [0, 0.05) is 56.8 Å². The number of ether oxygens (including phenoxy) is 5. The topological polar surface area (TPSA) is 133 Å². The fourth-order valence-corrected chi connectivity index (χ4v) is 15.0. The second-order valence-corrected chi connectivity index (χ2v) is 20.8. The summed E-state index contributed by atoms with van der Waals surface area (Å²) in [7, 11) is 0. The van der Waals surface area contributed by atoms with Crippen LogP contribution in [0.3, 0.4) is 0 Å². The van der Waals surface area contributed by atoms with Gasteiger partial charge in [-0.15, -0.1) is 0 Å². The van der Waals surface area contributed by atoms with Gasteiger partial charge in [0.25, 0.3) is 0 Å². The van der Waals surface area contributed by atoms with E-state index in [0.29, 0.717) is 69.2 Å². The molecule has 9 fully saturated rings. The second kappa shape index (κ2) is 15.4. The largest absolute Gasteiger partial charge is 0.466 e. The van der Waals surface area contributed by atoms with Crippen molar-refractivity contribution < 1.29 is 52.6 Å². The zero-order chi connectivity index (χ0) is 40.7. The van der Waals surface area contributed by atoms with Crippen LogP contribution in [0.4, 0.5) is 0 Å². The number of esters is 3. The number of ketones is 1. The Kier molecular flexibility index (Phi) is 11.3. The molecule has 5 saturated carbocycles. The predicted octanol–water partition coefficient (Wildman–Crippen LogP) is 8.29. The molecule has 2 bridgehead atoms. The summed E-state index contributed by atoms with van der Waals surface area (Å²) in [4.78, 5) is 63.4.